The summed E-state index contributed by atoms with van der Waals surface area (Å²) in [5.74, 6) is 0.00426. The second kappa shape index (κ2) is 8.74. The third kappa shape index (κ3) is 4.30. The van der Waals surface area contributed by atoms with Gasteiger partial charge in [0.05, 0.1) is 6.42 Å². The number of rotatable bonds is 6. The van der Waals surface area contributed by atoms with Crippen molar-refractivity contribution < 1.29 is 9.18 Å². The number of nitrogens with one attached hydrogen (secondary N) is 1. The Bertz CT molecular complexity index is 1140. The van der Waals surface area contributed by atoms with Gasteiger partial charge in [0.15, 0.2) is 0 Å². The summed E-state index contributed by atoms with van der Waals surface area (Å²) in [4.78, 5) is 17.1. The van der Waals surface area contributed by atoms with Gasteiger partial charge < -0.3 is 9.88 Å². The van der Waals surface area contributed by atoms with Gasteiger partial charge in [0.2, 0.25) is 5.91 Å². The van der Waals surface area contributed by atoms with E-state index >= 15 is 0 Å². The van der Waals surface area contributed by atoms with E-state index in [4.69, 9.17) is 0 Å². The molecule has 0 radical (unpaired) electrons. The van der Waals surface area contributed by atoms with Crippen LogP contribution in [-0.4, -0.2) is 15.5 Å². The summed E-state index contributed by atoms with van der Waals surface area (Å²) in [5.41, 5.74) is 3.50. The van der Waals surface area contributed by atoms with Gasteiger partial charge in [-0.25, -0.2) is 9.37 Å². The average Bonchev–Trinajstić information content (AvgIpc) is 3.19. The molecule has 0 aliphatic carbocycles. The van der Waals surface area contributed by atoms with Crippen molar-refractivity contribution in [2.24, 2.45) is 7.05 Å². The highest BCUT2D eigenvalue weighted by atomic mass is 19.1. The molecule has 4 aromatic rings. The van der Waals surface area contributed by atoms with Crippen LogP contribution in [0.5, 0.6) is 0 Å². The molecule has 0 bridgehead atoms. The SMILES string of the molecule is Cn1ccnc1C(NC(=O)Cc1ccc(-c2ccccc2)cc1)c1ccccc1F. The maximum absolute atomic E-state index is 14.5. The number of carbonyl (C=O) groups excluding carboxylic acids is 1. The van der Waals surface area contributed by atoms with E-state index in [2.05, 4.69) is 10.3 Å². The maximum atomic E-state index is 14.5. The molecule has 4 rings (SSSR count). The maximum Gasteiger partial charge on any atom is 0.225 e. The zero-order chi connectivity index (χ0) is 20.9. The van der Waals surface area contributed by atoms with Crippen molar-refractivity contribution in [3.05, 3.63) is 114 Å². The molecule has 1 heterocycles. The van der Waals surface area contributed by atoms with Crippen molar-refractivity contribution in [2.45, 2.75) is 12.5 Å². The number of halogens is 1. The third-order valence-corrected chi connectivity index (χ3v) is 5.06. The van der Waals surface area contributed by atoms with Gasteiger partial charge in [-0.15, -0.1) is 0 Å². The fraction of sp³-hybridized carbons (Fsp3) is 0.120. The minimum absolute atomic E-state index is 0.196. The van der Waals surface area contributed by atoms with Crippen LogP contribution in [0.25, 0.3) is 11.1 Å². The number of amides is 1. The molecule has 0 aliphatic heterocycles. The Morgan fingerprint density at radius 1 is 0.967 bits per heavy atom. The summed E-state index contributed by atoms with van der Waals surface area (Å²) < 4.78 is 16.2. The second-order valence-corrected chi connectivity index (χ2v) is 7.16. The number of imidazole rings is 1. The summed E-state index contributed by atoms with van der Waals surface area (Å²) in [6.45, 7) is 0. The molecule has 0 saturated carbocycles. The Kier molecular flexibility index (Phi) is 5.70. The lowest BCUT2D eigenvalue weighted by atomic mass is 10.0. The van der Waals surface area contributed by atoms with E-state index < -0.39 is 6.04 Å². The molecule has 5 heteroatoms. The Morgan fingerprint density at radius 3 is 2.30 bits per heavy atom. The number of hydrogen-bond donors (Lipinski definition) is 1. The Morgan fingerprint density at radius 2 is 1.63 bits per heavy atom. The lowest BCUT2D eigenvalue weighted by molar-refractivity contribution is -0.121. The zero-order valence-corrected chi connectivity index (χ0v) is 16.6. The van der Waals surface area contributed by atoms with Crippen molar-refractivity contribution in [2.75, 3.05) is 0 Å². The first-order valence-electron chi connectivity index (χ1n) is 9.77. The van der Waals surface area contributed by atoms with Crippen LogP contribution in [0.15, 0.2) is 91.3 Å². The van der Waals surface area contributed by atoms with Gasteiger partial charge in [-0.05, 0) is 22.8 Å². The Hall–Kier alpha value is -3.73. The number of carbonyl (C=O) groups is 1. The molecule has 0 spiro atoms. The normalized spacial score (nSPS) is 11.8. The van der Waals surface area contributed by atoms with Crippen LogP contribution in [0.3, 0.4) is 0 Å². The first-order chi connectivity index (χ1) is 14.6. The smallest absolute Gasteiger partial charge is 0.225 e. The van der Waals surface area contributed by atoms with Crippen LogP contribution < -0.4 is 5.32 Å². The van der Waals surface area contributed by atoms with Gasteiger partial charge >= 0.3 is 0 Å². The molecule has 4 nitrogen and oxygen atoms in total. The summed E-state index contributed by atoms with van der Waals surface area (Å²) >= 11 is 0. The van der Waals surface area contributed by atoms with E-state index in [-0.39, 0.29) is 18.1 Å². The van der Waals surface area contributed by atoms with Gasteiger partial charge in [0.25, 0.3) is 0 Å². The number of hydrogen-bond acceptors (Lipinski definition) is 2. The quantitative estimate of drug-likeness (QED) is 0.512. The van der Waals surface area contributed by atoms with E-state index in [0.717, 1.165) is 16.7 Å². The zero-order valence-electron chi connectivity index (χ0n) is 16.6. The van der Waals surface area contributed by atoms with Crippen LogP contribution in [-0.2, 0) is 18.3 Å². The van der Waals surface area contributed by atoms with E-state index in [1.54, 1.807) is 35.2 Å². The molecule has 30 heavy (non-hydrogen) atoms. The Labute approximate surface area is 175 Å². The predicted octanol–water partition coefficient (Wildman–Crippen LogP) is 4.67. The molecule has 0 fully saturated rings. The van der Waals surface area contributed by atoms with Crippen molar-refractivity contribution >= 4 is 5.91 Å². The number of nitrogens with zero attached hydrogens (tertiary/aromatic N) is 2. The fourth-order valence-corrected chi connectivity index (χ4v) is 3.49. The lowest BCUT2D eigenvalue weighted by Crippen LogP contribution is -2.32. The highest BCUT2D eigenvalue weighted by molar-refractivity contribution is 5.79. The molecule has 1 unspecified atom stereocenters. The summed E-state index contributed by atoms with van der Waals surface area (Å²) in [7, 11) is 1.82. The topological polar surface area (TPSA) is 46.9 Å². The molecule has 3 aromatic carbocycles. The predicted molar refractivity (Wildman–Crippen MR) is 115 cm³/mol. The van der Waals surface area contributed by atoms with Crippen LogP contribution in [0.4, 0.5) is 4.39 Å². The number of benzene rings is 3. The molecule has 150 valence electrons. The minimum atomic E-state index is -0.665. The van der Waals surface area contributed by atoms with Gasteiger partial charge in [-0.1, -0.05) is 72.8 Å². The minimum Gasteiger partial charge on any atom is -0.342 e. The van der Waals surface area contributed by atoms with Crippen LogP contribution in [0.1, 0.15) is 23.0 Å². The molecule has 1 N–H and O–H groups in total. The standard InChI is InChI=1S/C25H22FN3O/c1-29-16-15-27-25(29)24(21-9-5-6-10-22(21)26)28-23(30)17-18-11-13-20(14-12-18)19-7-3-2-4-8-19/h2-16,24H,17H2,1H3,(H,28,30). The van der Waals surface area contributed by atoms with E-state index in [9.17, 15) is 9.18 Å². The first-order valence-corrected chi connectivity index (χ1v) is 9.77. The molecule has 1 aromatic heterocycles. The van der Waals surface area contributed by atoms with Crippen molar-refractivity contribution in [1.29, 1.82) is 0 Å². The molecular formula is C25H22FN3O. The van der Waals surface area contributed by atoms with Gasteiger partial charge in [0, 0.05) is 25.0 Å². The molecule has 1 atom stereocenters. The van der Waals surface area contributed by atoms with Crippen LogP contribution in [0, 0.1) is 5.82 Å². The fourth-order valence-electron chi connectivity index (χ4n) is 3.49. The molecule has 0 aliphatic rings. The number of aromatic nitrogens is 2. The molecular weight excluding hydrogens is 377 g/mol. The highest BCUT2D eigenvalue weighted by Gasteiger charge is 2.23. The third-order valence-electron chi connectivity index (χ3n) is 5.06. The van der Waals surface area contributed by atoms with Crippen molar-refractivity contribution in [3.8, 4) is 11.1 Å². The molecule has 0 saturated heterocycles. The van der Waals surface area contributed by atoms with Gasteiger partial charge in [-0.3, -0.25) is 4.79 Å². The van der Waals surface area contributed by atoms with Gasteiger partial charge in [0.1, 0.15) is 17.7 Å². The number of aryl methyl sites for hydroxylation is 1. The van der Waals surface area contributed by atoms with E-state index in [0.29, 0.717) is 11.4 Å². The van der Waals surface area contributed by atoms with Crippen LogP contribution in [0.2, 0.25) is 0 Å². The second-order valence-electron chi connectivity index (χ2n) is 7.16. The van der Waals surface area contributed by atoms with E-state index in [1.807, 2.05) is 61.6 Å². The van der Waals surface area contributed by atoms with Crippen molar-refractivity contribution in [3.63, 3.8) is 0 Å². The van der Waals surface area contributed by atoms with Crippen LogP contribution >= 0.6 is 0 Å². The lowest BCUT2D eigenvalue weighted by Gasteiger charge is -2.20. The summed E-state index contributed by atoms with van der Waals surface area (Å²) in [6, 6.07) is 23.8. The summed E-state index contributed by atoms with van der Waals surface area (Å²) in [6.07, 6.45) is 3.61. The Balaban J connectivity index is 1.52. The monoisotopic (exact) mass is 399 g/mol. The van der Waals surface area contributed by atoms with Crippen molar-refractivity contribution in [1.82, 2.24) is 14.9 Å². The first kappa shape index (κ1) is 19.6. The largest absolute Gasteiger partial charge is 0.342 e. The average molecular weight is 399 g/mol. The highest BCUT2D eigenvalue weighted by Crippen LogP contribution is 2.24. The molecule has 1 amide bonds. The van der Waals surface area contributed by atoms with E-state index in [1.165, 1.54) is 6.07 Å². The summed E-state index contributed by atoms with van der Waals surface area (Å²) in [5, 5.41) is 2.95. The van der Waals surface area contributed by atoms with Gasteiger partial charge in [-0.2, -0.15) is 0 Å².